The van der Waals surface area contributed by atoms with Crippen LogP contribution in [-0.2, 0) is 4.74 Å². The van der Waals surface area contributed by atoms with E-state index >= 15 is 0 Å². The van der Waals surface area contributed by atoms with Gasteiger partial charge in [-0.15, -0.1) is 0 Å². The van der Waals surface area contributed by atoms with Gasteiger partial charge in [0.2, 0.25) is 0 Å². The summed E-state index contributed by atoms with van der Waals surface area (Å²) in [7, 11) is 1.66. The summed E-state index contributed by atoms with van der Waals surface area (Å²) in [6, 6.07) is 17.3. The molecule has 2 amide bonds. The summed E-state index contributed by atoms with van der Waals surface area (Å²) in [4.78, 5) is 14.6. The van der Waals surface area contributed by atoms with Gasteiger partial charge in [0.15, 0.2) is 0 Å². The maximum atomic E-state index is 12.3. The van der Waals surface area contributed by atoms with Crippen molar-refractivity contribution in [3.05, 3.63) is 60.2 Å². The molecule has 0 aliphatic carbocycles. The minimum Gasteiger partial charge on any atom is -0.497 e. The Labute approximate surface area is 154 Å². The molecule has 2 aromatic carbocycles. The minimum atomic E-state index is -0.211. The summed E-state index contributed by atoms with van der Waals surface area (Å²) in [5.74, 6) is 0.814. The van der Waals surface area contributed by atoms with Gasteiger partial charge < -0.3 is 20.1 Å². The van der Waals surface area contributed by atoms with Gasteiger partial charge in [0, 0.05) is 25.3 Å². The van der Waals surface area contributed by atoms with E-state index in [2.05, 4.69) is 21.6 Å². The van der Waals surface area contributed by atoms with Crippen LogP contribution in [0.25, 0.3) is 0 Å². The lowest BCUT2D eigenvalue weighted by Gasteiger charge is -2.35. The van der Waals surface area contributed by atoms with Crippen LogP contribution < -0.4 is 15.4 Å². The van der Waals surface area contributed by atoms with Gasteiger partial charge in [0.1, 0.15) is 5.75 Å². The van der Waals surface area contributed by atoms with Crippen LogP contribution in [0.3, 0.4) is 0 Å². The zero-order valence-electron chi connectivity index (χ0n) is 15.0. The molecular formula is C20H25N3O3. The van der Waals surface area contributed by atoms with E-state index in [4.69, 9.17) is 9.47 Å². The predicted molar refractivity (Wildman–Crippen MR) is 102 cm³/mol. The highest BCUT2D eigenvalue weighted by Crippen LogP contribution is 2.24. The van der Waals surface area contributed by atoms with E-state index in [0.717, 1.165) is 30.1 Å². The molecule has 0 radical (unpaired) electrons. The summed E-state index contributed by atoms with van der Waals surface area (Å²) in [5.41, 5.74) is 1.89. The van der Waals surface area contributed by atoms with Crippen molar-refractivity contribution in [2.24, 2.45) is 0 Å². The molecule has 1 aliphatic rings. The Morgan fingerprint density at radius 3 is 2.65 bits per heavy atom. The fourth-order valence-electron chi connectivity index (χ4n) is 3.08. The average Bonchev–Trinajstić information content (AvgIpc) is 2.70. The summed E-state index contributed by atoms with van der Waals surface area (Å²) < 4.78 is 10.8. The topological polar surface area (TPSA) is 62.8 Å². The monoisotopic (exact) mass is 355 g/mol. The number of morpholine rings is 1. The number of nitrogens with zero attached hydrogens (tertiary/aromatic N) is 1. The number of carbonyl (C=O) groups excluding carboxylic acids is 1. The van der Waals surface area contributed by atoms with Crippen LogP contribution >= 0.6 is 0 Å². The fraction of sp³-hybridized carbons (Fsp3) is 0.350. The van der Waals surface area contributed by atoms with Gasteiger partial charge in [0.05, 0.1) is 26.4 Å². The molecule has 1 atom stereocenters. The first-order chi connectivity index (χ1) is 12.8. The standard InChI is InChI=1S/C20H25N3O3/c1-25-18-9-5-6-16(14-18)19(23-10-12-26-13-11-23)15-21-20(24)22-17-7-3-2-4-8-17/h2-9,14,19H,10-13,15H2,1H3,(H2,21,22,24)/t19-/m0/s1. The number of carbonyl (C=O) groups is 1. The van der Waals surface area contributed by atoms with Crippen LogP contribution in [0.4, 0.5) is 10.5 Å². The van der Waals surface area contributed by atoms with Crippen LogP contribution in [0.15, 0.2) is 54.6 Å². The van der Waals surface area contributed by atoms with Crippen molar-refractivity contribution >= 4 is 11.7 Å². The van der Waals surface area contributed by atoms with Crippen LogP contribution in [0, 0.1) is 0 Å². The van der Waals surface area contributed by atoms with Gasteiger partial charge >= 0.3 is 6.03 Å². The third-order valence-electron chi connectivity index (χ3n) is 4.45. The number of rotatable bonds is 6. The zero-order chi connectivity index (χ0) is 18.2. The summed E-state index contributed by atoms with van der Waals surface area (Å²) in [6.45, 7) is 3.59. The summed E-state index contributed by atoms with van der Waals surface area (Å²) >= 11 is 0. The molecule has 0 aromatic heterocycles. The second-order valence-electron chi connectivity index (χ2n) is 6.14. The molecule has 1 heterocycles. The predicted octanol–water partition coefficient (Wildman–Crippen LogP) is 2.89. The van der Waals surface area contributed by atoms with Crippen LogP contribution in [0.5, 0.6) is 5.75 Å². The first kappa shape index (κ1) is 18.2. The molecule has 26 heavy (non-hydrogen) atoms. The maximum Gasteiger partial charge on any atom is 0.319 e. The number of urea groups is 1. The number of benzene rings is 2. The van der Waals surface area contributed by atoms with E-state index in [1.165, 1.54) is 0 Å². The fourth-order valence-corrected chi connectivity index (χ4v) is 3.08. The molecule has 0 spiro atoms. The van der Waals surface area contributed by atoms with Crippen LogP contribution in [0.2, 0.25) is 0 Å². The van der Waals surface area contributed by atoms with Gasteiger partial charge in [-0.3, -0.25) is 4.90 Å². The van der Waals surface area contributed by atoms with E-state index in [1.807, 2.05) is 48.5 Å². The Morgan fingerprint density at radius 1 is 1.15 bits per heavy atom. The van der Waals surface area contributed by atoms with E-state index in [-0.39, 0.29) is 12.1 Å². The average molecular weight is 355 g/mol. The lowest BCUT2D eigenvalue weighted by atomic mass is 10.0. The van der Waals surface area contributed by atoms with E-state index < -0.39 is 0 Å². The number of hydrogen-bond donors (Lipinski definition) is 2. The number of hydrogen-bond acceptors (Lipinski definition) is 4. The molecule has 6 heteroatoms. The van der Waals surface area contributed by atoms with Gasteiger partial charge in [-0.25, -0.2) is 4.79 Å². The Morgan fingerprint density at radius 2 is 1.92 bits per heavy atom. The third-order valence-corrected chi connectivity index (χ3v) is 4.45. The number of anilines is 1. The van der Waals surface area contributed by atoms with E-state index in [1.54, 1.807) is 7.11 Å². The van der Waals surface area contributed by atoms with Crippen molar-refractivity contribution < 1.29 is 14.3 Å². The number of ether oxygens (including phenoxy) is 2. The van der Waals surface area contributed by atoms with Crippen molar-refractivity contribution in [3.8, 4) is 5.75 Å². The summed E-state index contributed by atoms with van der Waals surface area (Å²) in [5, 5.41) is 5.85. The van der Waals surface area contributed by atoms with Crippen molar-refractivity contribution in [2.45, 2.75) is 6.04 Å². The molecule has 0 saturated carbocycles. The van der Waals surface area contributed by atoms with Crippen LogP contribution in [0.1, 0.15) is 11.6 Å². The Hall–Kier alpha value is -2.57. The quantitative estimate of drug-likeness (QED) is 0.836. The highest BCUT2D eigenvalue weighted by Gasteiger charge is 2.23. The minimum absolute atomic E-state index is 0.0653. The van der Waals surface area contributed by atoms with Crippen molar-refractivity contribution in [1.82, 2.24) is 10.2 Å². The van der Waals surface area contributed by atoms with Gasteiger partial charge in [-0.1, -0.05) is 30.3 Å². The molecule has 2 aromatic rings. The smallest absolute Gasteiger partial charge is 0.319 e. The van der Waals surface area contributed by atoms with E-state index in [9.17, 15) is 4.79 Å². The number of methoxy groups -OCH3 is 1. The number of nitrogens with one attached hydrogen (secondary N) is 2. The van der Waals surface area contributed by atoms with E-state index in [0.29, 0.717) is 19.8 Å². The number of amides is 2. The van der Waals surface area contributed by atoms with Gasteiger partial charge in [-0.05, 0) is 29.8 Å². The molecule has 138 valence electrons. The SMILES string of the molecule is COc1cccc([C@H](CNC(=O)Nc2ccccc2)N2CCOCC2)c1. The largest absolute Gasteiger partial charge is 0.497 e. The highest BCUT2D eigenvalue weighted by atomic mass is 16.5. The van der Waals surface area contributed by atoms with Crippen molar-refractivity contribution in [3.63, 3.8) is 0 Å². The first-order valence-electron chi connectivity index (χ1n) is 8.82. The molecule has 2 N–H and O–H groups in total. The van der Waals surface area contributed by atoms with Gasteiger partial charge in [0.25, 0.3) is 0 Å². The zero-order valence-corrected chi connectivity index (χ0v) is 15.0. The van der Waals surface area contributed by atoms with Crippen molar-refractivity contribution in [2.75, 3.05) is 45.3 Å². The Balaban J connectivity index is 1.67. The lowest BCUT2D eigenvalue weighted by molar-refractivity contribution is 0.0167. The molecular weight excluding hydrogens is 330 g/mol. The third kappa shape index (κ3) is 4.97. The highest BCUT2D eigenvalue weighted by molar-refractivity contribution is 5.89. The molecule has 6 nitrogen and oxygen atoms in total. The molecule has 1 aliphatic heterocycles. The number of para-hydroxylation sites is 1. The Bertz CT molecular complexity index is 702. The normalized spacial score (nSPS) is 15.9. The molecule has 0 bridgehead atoms. The lowest BCUT2D eigenvalue weighted by Crippen LogP contribution is -2.44. The van der Waals surface area contributed by atoms with Crippen LogP contribution in [-0.4, -0.2) is 50.9 Å². The molecule has 1 fully saturated rings. The van der Waals surface area contributed by atoms with Crippen molar-refractivity contribution in [1.29, 1.82) is 0 Å². The first-order valence-corrected chi connectivity index (χ1v) is 8.82. The van der Waals surface area contributed by atoms with Gasteiger partial charge in [-0.2, -0.15) is 0 Å². The molecule has 0 unspecified atom stereocenters. The second kappa shape index (κ2) is 9.22. The second-order valence-corrected chi connectivity index (χ2v) is 6.14. The summed E-state index contributed by atoms with van der Waals surface area (Å²) in [6.07, 6.45) is 0. The Kier molecular flexibility index (Phi) is 6.46. The molecule has 1 saturated heterocycles. The maximum absolute atomic E-state index is 12.3. The molecule has 3 rings (SSSR count).